The van der Waals surface area contributed by atoms with Gasteiger partial charge < -0.3 is 5.32 Å². The van der Waals surface area contributed by atoms with Gasteiger partial charge in [0, 0.05) is 19.8 Å². The third-order valence-electron chi connectivity index (χ3n) is 3.01. The maximum atomic E-state index is 11.9. The number of rotatable bonds is 4. The van der Waals surface area contributed by atoms with Gasteiger partial charge in [0.25, 0.3) is 0 Å². The topological polar surface area (TPSA) is 76.0 Å². The minimum atomic E-state index is -3.39. The largest absolute Gasteiger partial charge is 0.317 e. The highest BCUT2D eigenvalue weighted by molar-refractivity contribution is 7.89. The normalized spacial score (nSPS) is 18.4. The van der Waals surface area contributed by atoms with Gasteiger partial charge in [0.1, 0.15) is 4.90 Å². The lowest BCUT2D eigenvalue weighted by Gasteiger charge is -2.22. The summed E-state index contributed by atoms with van der Waals surface area (Å²) < 4.78 is 28.0. The molecule has 1 saturated heterocycles. The molecule has 0 atom stereocenters. The van der Waals surface area contributed by atoms with Gasteiger partial charge in [-0.15, -0.1) is 0 Å². The van der Waals surface area contributed by atoms with E-state index in [0.29, 0.717) is 12.5 Å². The molecule has 1 aliphatic rings. The Kier molecular flexibility index (Phi) is 3.80. The van der Waals surface area contributed by atoms with Crippen molar-refractivity contribution in [3.05, 3.63) is 12.4 Å². The van der Waals surface area contributed by atoms with Crippen LogP contribution in [0, 0.1) is 5.92 Å². The first-order chi connectivity index (χ1) is 8.08. The molecule has 0 radical (unpaired) electrons. The first-order valence-corrected chi connectivity index (χ1v) is 7.25. The van der Waals surface area contributed by atoms with Gasteiger partial charge in [-0.25, -0.2) is 13.1 Å². The van der Waals surface area contributed by atoms with Crippen molar-refractivity contribution in [2.75, 3.05) is 19.6 Å². The molecule has 2 heterocycles. The maximum absolute atomic E-state index is 11.9. The Morgan fingerprint density at radius 2 is 2.24 bits per heavy atom. The van der Waals surface area contributed by atoms with E-state index in [0.717, 1.165) is 25.9 Å². The third-order valence-corrected chi connectivity index (χ3v) is 4.39. The summed E-state index contributed by atoms with van der Waals surface area (Å²) in [6.45, 7) is 2.46. The van der Waals surface area contributed by atoms with Crippen LogP contribution in [0.3, 0.4) is 0 Å². The van der Waals surface area contributed by atoms with Gasteiger partial charge in [0.15, 0.2) is 0 Å². The van der Waals surface area contributed by atoms with Gasteiger partial charge in [-0.3, -0.25) is 4.68 Å². The van der Waals surface area contributed by atoms with Crippen molar-refractivity contribution in [1.82, 2.24) is 19.8 Å². The Labute approximate surface area is 101 Å². The number of nitrogens with one attached hydrogen (secondary N) is 2. The van der Waals surface area contributed by atoms with E-state index in [9.17, 15) is 8.42 Å². The number of hydrogen-bond donors (Lipinski definition) is 2. The molecule has 7 heteroatoms. The monoisotopic (exact) mass is 258 g/mol. The highest BCUT2D eigenvalue weighted by atomic mass is 32.2. The molecular formula is C10H18N4O2S. The second kappa shape index (κ2) is 5.16. The molecule has 2 rings (SSSR count). The standard InChI is InChI=1S/C10H18N4O2S/c1-14-8-10(7-12-14)17(15,16)13-6-9-2-4-11-5-3-9/h7-9,11,13H,2-6H2,1H3. The van der Waals surface area contributed by atoms with Gasteiger partial charge in [0.2, 0.25) is 10.0 Å². The predicted molar refractivity (Wildman–Crippen MR) is 64.0 cm³/mol. The minimum absolute atomic E-state index is 0.230. The first-order valence-electron chi connectivity index (χ1n) is 5.77. The van der Waals surface area contributed by atoms with Crippen molar-refractivity contribution in [3.63, 3.8) is 0 Å². The fourth-order valence-corrected chi connectivity index (χ4v) is 3.03. The van der Waals surface area contributed by atoms with Crippen LogP contribution in [0.5, 0.6) is 0 Å². The van der Waals surface area contributed by atoms with E-state index in [1.54, 1.807) is 7.05 Å². The quantitative estimate of drug-likeness (QED) is 0.777. The fourth-order valence-electron chi connectivity index (χ4n) is 1.93. The molecule has 1 aromatic rings. The molecule has 0 amide bonds. The molecule has 17 heavy (non-hydrogen) atoms. The second-order valence-electron chi connectivity index (χ2n) is 4.39. The van der Waals surface area contributed by atoms with Crippen LogP contribution in [-0.2, 0) is 17.1 Å². The van der Waals surface area contributed by atoms with Crippen LogP contribution >= 0.6 is 0 Å². The summed E-state index contributed by atoms with van der Waals surface area (Å²) in [5.41, 5.74) is 0. The van der Waals surface area contributed by atoms with E-state index in [2.05, 4.69) is 15.1 Å². The lowest BCUT2D eigenvalue weighted by molar-refractivity contribution is 0.372. The van der Waals surface area contributed by atoms with Crippen molar-refractivity contribution in [1.29, 1.82) is 0 Å². The molecule has 6 nitrogen and oxygen atoms in total. The summed E-state index contributed by atoms with van der Waals surface area (Å²) in [6, 6.07) is 0. The summed E-state index contributed by atoms with van der Waals surface area (Å²) in [6.07, 6.45) is 4.92. The zero-order valence-corrected chi connectivity index (χ0v) is 10.7. The smallest absolute Gasteiger partial charge is 0.243 e. The van der Waals surface area contributed by atoms with Crippen molar-refractivity contribution in [3.8, 4) is 0 Å². The van der Waals surface area contributed by atoms with Crippen molar-refractivity contribution in [2.45, 2.75) is 17.7 Å². The molecule has 1 fully saturated rings. The van der Waals surface area contributed by atoms with Crippen molar-refractivity contribution < 1.29 is 8.42 Å². The van der Waals surface area contributed by atoms with Gasteiger partial charge in [-0.2, -0.15) is 5.10 Å². The lowest BCUT2D eigenvalue weighted by Crippen LogP contribution is -2.35. The number of piperidine rings is 1. The molecule has 1 aliphatic heterocycles. The van der Waals surface area contributed by atoms with Crippen LogP contribution in [0.25, 0.3) is 0 Å². The Hall–Kier alpha value is -0.920. The van der Waals surface area contributed by atoms with Crippen molar-refractivity contribution in [2.24, 2.45) is 13.0 Å². The molecule has 1 aromatic heterocycles. The van der Waals surface area contributed by atoms with Gasteiger partial charge in [-0.1, -0.05) is 0 Å². The van der Waals surface area contributed by atoms with E-state index in [1.165, 1.54) is 17.1 Å². The van der Waals surface area contributed by atoms with E-state index in [4.69, 9.17) is 0 Å². The van der Waals surface area contributed by atoms with E-state index in [1.807, 2.05) is 0 Å². The van der Waals surface area contributed by atoms with Crippen LogP contribution in [0.15, 0.2) is 17.3 Å². The number of sulfonamides is 1. The van der Waals surface area contributed by atoms with Crippen LogP contribution in [-0.4, -0.2) is 37.8 Å². The average Bonchev–Trinajstić information content (AvgIpc) is 2.76. The molecule has 96 valence electrons. The van der Waals surface area contributed by atoms with E-state index < -0.39 is 10.0 Å². The highest BCUT2D eigenvalue weighted by Crippen LogP contribution is 2.12. The Bertz CT molecular complexity index is 462. The van der Waals surface area contributed by atoms with E-state index >= 15 is 0 Å². The highest BCUT2D eigenvalue weighted by Gasteiger charge is 2.19. The summed E-state index contributed by atoms with van der Waals surface area (Å²) in [5.74, 6) is 0.433. The first kappa shape index (κ1) is 12.5. The van der Waals surface area contributed by atoms with Crippen molar-refractivity contribution >= 4 is 10.0 Å². The van der Waals surface area contributed by atoms with Crippen LogP contribution in [0.1, 0.15) is 12.8 Å². The number of hydrogen-bond acceptors (Lipinski definition) is 4. The molecule has 0 aliphatic carbocycles. The molecule has 0 saturated carbocycles. The molecular weight excluding hydrogens is 240 g/mol. The van der Waals surface area contributed by atoms with E-state index in [-0.39, 0.29) is 4.90 Å². The van der Waals surface area contributed by atoms with Crippen LogP contribution in [0.4, 0.5) is 0 Å². The van der Waals surface area contributed by atoms with Gasteiger partial charge in [0.05, 0.1) is 6.20 Å². The summed E-state index contributed by atoms with van der Waals surface area (Å²) in [4.78, 5) is 0.230. The Balaban J connectivity index is 1.93. The molecule has 2 N–H and O–H groups in total. The van der Waals surface area contributed by atoms with Gasteiger partial charge >= 0.3 is 0 Å². The summed E-state index contributed by atoms with van der Waals surface area (Å²) in [5, 5.41) is 7.12. The van der Waals surface area contributed by atoms with Crippen LogP contribution < -0.4 is 10.0 Å². The summed E-state index contributed by atoms with van der Waals surface area (Å²) in [7, 11) is -1.69. The van der Waals surface area contributed by atoms with Crippen LogP contribution in [0.2, 0.25) is 0 Å². The lowest BCUT2D eigenvalue weighted by atomic mass is 9.99. The Morgan fingerprint density at radius 3 is 2.82 bits per heavy atom. The zero-order valence-electron chi connectivity index (χ0n) is 9.89. The summed E-state index contributed by atoms with van der Waals surface area (Å²) >= 11 is 0. The maximum Gasteiger partial charge on any atom is 0.243 e. The Morgan fingerprint density at radius 1 is 1.53 bits per heavy atom. The molecule has 0 aromatic carbocycles. The number of aromatic nitrogens is 2. The second-order valence-corrected chi connectivity index (χ2v) is 6.16. The molecule has 0 unspecified atom stereocenters. The fraction of sp³-hybridized carbons (Fsp3) is 0.700. The SMILES string of the molecule is Cn1cc(S(=O)(=O)NCC2CCNCC2)cn1. The number of aryl methyl sites for hydroxylation is 1. The third kappa shape index (κ3) is 3.27. The van der Waals surface area contributed by atoms with Gasteiger partial charge in [-0.05, 0) is 31.8 Å². The predicted octanol–water partition coefficient (Wildman–Crippen LogP) is -0.302. The molecule has 0 spiro atoms. The average molecular weight is 258 g/mol. The molecule has 0 bridgehead atoms. The minimum Gasteiger partial charge on any atom is -0.317 e. The zero-order chi connectivity index (χ0) is 12.3. The number of nitrogens with zero attached hydrogens (tertiary/aromatic N) is 2.